The molecule has 1 amide bonds. The monoisotopic (exact) mass is 418 g/mol. The zero-order valence-corrected chi connectivity index (χ0v) is 17.0. The van der Waals surface area contributed by atoms with E-state index in [1.165, 1.54) is 6.20 Å². The third-order valence-electron chi connectivity index (χ3n) is 4.78. The first-order valence-corrected chi connectivity index (χ1v) is 9.76. The fourth-order valence-corrected chi connectivity index (χ4v) is 3.10. The van der Waals surface area contributed by atoms with Gasteiger partial charge in [-0.3, -0.25) is 4.79 Å². The van der Waals surface area contributed by atoms with Crippen molar-refractivity contribution in [3.05, 3.63) is 35.8 Å². The highest BCUT2D eigenvalue weighted by atomic mass is 19.1. The van der Waals surface area contributed by atoms with Crippen molar-refractivity contribution in [2.75, 3.05) is 31.0 Å². The summed E-state index contributed by atoms with van der Waals surface area (Å²) in [7, 11) is 1.57. The molecule has 0 bridgehead atoms. The number of anilines is 3. The molecular formula is C20H27FN6O3. The standard InChI is InChI=1S/C20H27FN6O3/c1-11(22)17(12-3-4-12)26-20-15(21)10-14(18(23)28)19(27-20)25-13-5-6-24-16(9-13)30-8-7-29-2/h5-6,9-12,17H,3-4,7-8,22H2,1-2H3,(H2,23,28)(H2,24,25,26,27)/t11-,17-/m0/s1. The van der Waals surface area contributed by atoms with Gasteiger partial charge in [-0.25, -0.2) is 14.4 Å². The number of nitrogens with one attached hydrogen (secondary N) is 2. The molecule has 0 saturated heterocycles. The van der Waals surface area contributed by atoms with E-state index in [0.717, 1.165) is 18.9 Å². The molecule has 2 atom stereocenters. The Bertz CT molecular complexity index is 889. The van der Waals surface area contributed by atoms with Crippen molar-refractivity contribution < 1.29 is 18.7 Å². The lowest BCUT2D eigenvalue weighted by Crippen LogP contribution is -2.40. The van der Waals surface area contributed by atoms with E-state index >= 15 is 0 Å². The van der Waals surface area contributed by atoms with Gasteiger partial charge in [0.1, 0.15) is 12.4 Å². The minimum atomic E-state index is -0.799. The summed E-state index contributed by atoms with van der Waals surface area (Å²) in [5, 5.41) is 6.09. The van der Waals surface area contributed by atoms with E-state index in [2.05, 4.69) is 20.6 Å². The lowest BCUT2D eigenvalue weighted by molar-refractivity contribution is 0.100. The predicted octanol–water partition coefficient (Wildman–Crippen LogP) is 2.02. The molecule has 0 unspecified atom stereocenters. The fourth-order valence-electron chi connectivity index (χ4n) is 3.10. The number of hydrogen-bond acceptors (Lipinski definition) is 8. The third kappa shape index (κ3) is 5.55. The molecule has 30 heavy (non-hydrogen) atoms. The molecule has 0 radical (unpaired) electrons. The van der Waals surface area contributed by atoms with Crippen molar-refractivity contribution in [1.82, 2.24) is 9.97 Å². The number of hydrogen-bond donors (Lipinski definition) is 4. The number of amides is 1. The molecular weight excluding hydrogens is 391 g/mol. The van der Waals surface area contributed by atoms with Gasteiger partial charge < -0.3 is 31.6 Å². The number of carbonyl (C=O) groups is 1. The lowest BCUT2D eigenvalue weighted by Gasteiger charge is -2.23. The topological polar surface area (TPSA) is 137 Å². The van der Waals surface area contributed by atoms with Gasteiger partial charge in [0.25, 0.3) is 5.91 Å². The van der Waals surface area contributed by atoms with Gasteiger partial charge >= 0.3 is 0 Å². The Balaban J connectivity index is 1.85. The number of ether oxygens (including phenoxy) is 2. The van der Waals surface area contributed by atoms with Crippen LogP contribution in [0.25, 0.3) is 0 Å². The van der Waals surface area contributed by atoms with Gasteiger partial charge in [-0.1, -0.05) is 0 Å². The first kappa shape index (κ1) is 21.7. The number of pyridine rings is 2. The molecule has 0 spiro atoms. The van der Waals surface area contributed by atoms with Crippen LogP contribution in [0.5, 0.6) is 5.88 Å². The number of halogens is 1. The molecule has 0 aromatic carbocycles. The molecule has 2 heterocycles. The molecule has 6 N–H and O–H groups in total. The van der Waals surface area contributed by atoms with E-state index in [9.17, 15) is 9.18 Å². The summed E-state index contributed by atoms with van der Waals surface area (Å²) in [5.74, 6) is -0.581. The zero-order valence-electron chi connectivity index (χ0n) is 17.0. The van der Waals surface area contributed by atoms with E-state index in [4.69, 9.17) is 20.9 Å². The Morgan fingerprint density at radius 3 is 2.73 bits per heavy atom. The van der Waals surface area contributed by atoms with Gasteiger partial charge in [-0.05, 0) is 37.8 Å². The Morgan fingerprint density at radius 2 is 2.10 bits per heavy atom. The Hall–Kier alpha value is -2.98. The Morgan fingerprint density at radius 1 is 1.33 bits per heavy atom. The van der Waals surface area contributed by atoms with Gasteiger partial charge in [0, 0.05) is 37.1 Å². The predicted molar refractivity (Wildman–Crippen MR) is 111 cm³/mol. The highest BCUT2D eigenvalue weighted by molar-refractivity contribution is 5.98. The van der Waals surface area contributed by atoms with Gasteiger partial charge in [0.05, 0.1) is 12.2 Å². The van der Waals surface area contributed by atoms with Gasteiger partial charge in [0.15, 0.2) is 11.6 Å². The number of primary amides is 1. The third-order valence-corrected chi connectivity index (χ3v) is 4.78. The van der Waals surface area contributed by atoms with Crippen molar-refractivity contribution in [3.8, 4) is 5.88 Å². The molecule has 9 nitrogen and oxygen atoms in total. The zero-order chi connectivity index (χ0) is 21.7. The van der Waals surface area contributed by atoms with Crippen LogP contribution in [0, 0.1) is 11.7 Å². The first-order chi connectivity index (χ1) is 14.4. The average Bonchev–Trinajstić information content (AvgIpc) is 3.53. The smallest absolute Gasteiger partial charge is 0.252 e. The summed E-state index contributed by atoms with van der Waals surface area (Å²) in [6.45, 7) is 2.62. The normalized spacial score (nSPS) is 15.3. The molecule has 1 fully saturated rings. The Labute approximate surface area is 174 Å². The molecule has 0 aliphatic heterocycles. The minimum Gasteiger partial charge on any atom is -0.475 e. The number of rotatable bonds is 11. The molecule has 162 valence electrons. The van der Waals surface area contributed by atoms with Crippen molar-refractivity contribution >= 4 is 23.2 Å². The number of nitrogens with zero attached hydrogens (tertiary/aromatic N) is 2. The van der Waals surface area contributed by atoms with Crippen LogP contribution < -0.4 is 26.8 Å². The van der Waals surface area contributed by atoms with E-state index in [1.54, 1.807) is 19.2 Å². The quantitative estimate of drug-likeness (QED) is 0.407. The molecule has 1 aliphatic rings. The van der Waals surface area contributed by atoms with Crippen LogP contribution >= 0.6 is 0 Å². The highest BCUT2D eigenvalue weighted by Gasteiger charge is 2.34. The summed E-state index contributed by atoms with van der Waals surface area (Å²) in [6.07, 6.45) is 3.61. The van der Waals surface area contributed by atoms with E-state index < -0.39 is 11.7 Å². The van der Waals surface area contributed by atoms with Crippen molar-refractivity contribution in [2.45, 2.75) is 31.8 Å². The molecule has 1 saturated carbocycles. The first-order valence-electron chi connectivity index (χ1n) is 9.76. The van der Waals surface area contributed by atoms with Crippen molar-refractivity contribution in [3.63, 3.8) is 0 Å². The van der Waals surface area contributed by atoms with Crippen LogP contribution in [0.1, 0.15) is 30.1 Å². The largest absolute Gasteiger partial charge is 0.475 e. The lowest BCUT2D eigenvalue weighted by atomic mass is 10.1. The summed E-state index contributed by atoms with van der Waals surface area (Å²) in [4.78, 5) is 20.3. The molecule has 2 aromatic heterocycles. The number of nitrogens with two attached hydrogens (primary N) is 2. The summed E-state index contributed by atoms with van der Waals surface area (Å²) >= 11 is 0. The van der Waals surface area contributed by atoms with Gasteiger partial charge in [0.2, 0.25) is 5.88 Å². The molecule has 3 rings (SSSR count). The summed E-state index contributed by atoms with van der Waals surface area (Å²) < 4.78 is 25.1. The second-order valence-corrected chi connectivity index (χ2v) is 7.29. The second-order valence-electron chi connectivity index (χ2n) is 7.29. The van der Waals surface area contributed by atoms with E-state index in [1.807, 2.05) is 6.92 Å². The molecule has 2 aromatic rings. The maximum absolute atomic E-state index is 14.6. The van der Waals surface area contributed by atoms with Crippen molar-refractivity contribution in [2.24, 2.45) is 17.4 Å². The Kier molecular flexibility index (Phi) is 7.01. The SMILES string of the molecule is COCCOc1cc(Nc2nc(N[C@H](C3CC3)[C@H](C)N)c(F)cc2C(N)=O)ccn1. The average molecular weight is 418 g/mol. The van der Waals surface area contributed by atoms with E-state index in [-0.39, 0.29) is 29.3 Å². The second kappa shape index (κ2) is 9.68. The van der Waals surface area contributed by atoms with Crippen molar-refractivity contribution in [1.29, 1.82) is 0 Å². The fraction of sp³-hybridized carbons (Fsp3) is 0.450. The van der Waals surface area contributed by atoms with Crippen LogP contribution in [-0.2, 0) is 4.74 Å². The number of methoxy groups -OCH3 is 1. The van der Waals surface area contributed by atoms with Crippen LogP contribution in [0.3, 0.4) is 0 Å². The van der Waals surface area contributed by atoms with Crippen LogP contribution in [0.15, 0.2) is 24.4 Å². The summed E-state index contributed by atoms with van der Waals surface area (Å²) in [6, 6.07) is 4.08. The number of aromatic nitrogens is 2. The van der Waals surface area contributed by atoms with E-state index in [0.29, 0.717) is 30.7 Å². The van der Waals surface area contributed by atoms with Gasteiger partial charge in [-0.2, -0.15) is 0 Å². The van der Waals surface area contributed by atoms with Crippen LogP contribution in [0.4, 0.5) is 21.7 Å². The minimum absolute atomic E-state index is 0.0160. The maximum Gasteiger partial charge on any atom is 0.252 e. The maximum atomic E-state index is 14.6. The highest BCUT2D eigenvalue weighted by Crippen LogP contribution is 2.36. The molecule has 10 heteroatoms. The number of carbonyl (C=O) groups excluding carboxylic acids is 1. The van der Waals surface area contributed by atoms with Crippen LogP contribution in [-0.4, -0.2) is 48.3 Å². The van der Waals surface area contributed by atoms with Gasteiger partial charge in [-0.15, -0.1) is 0 Å². The molecule has 1 aliphatic carbocycles. The van der Waals surface area contributed by atoms with Crippen LogP contribution in [0.2, 0.25) is 0 Å². The summed E-state index contributed by atoms with van der Waals surface area (Å²) in [5.41, 5.74) is 12.0.